The molecular weight excluding hydrogens is 158 g/mol. The second kappa shape index (κ2) is 3.27. The van der Waals surface area contributed by atoms with Gasteiger partial charge in [0.2, 0.25) is 0 Å². The highest BCUT2D eigenvalue weighted by Crippen LogP contribution is 2.38. The van der Waals surface area contributed by atoms with E-state index in [4.69, 9.17) is 0 Å². The quantitative estimate of drug-likeness (QED) is 0.603. The van der Waals surface area contributed by atoms with Crippen molar-refractivity contribution in [3.63, 3.8) is 0 Å². The molecule has 1 atom stereocenters. The first kappa shape index (κ1) is 11.0. The van der Waals surface area contributed by atoms with E-state index in [1.165, 1.54) is 19.4 Å². The van der Waals surface area contributed by atoms with Gasteiger partial charge in [-0.25, -0.2) is 0 Å². The van der Waals surface area contributed by atoms with Crippen molar-refractivity contribution in [1.29, 1.82) is 0 Å². The van der Waals surface area contributed by atoms with Crippen molar-refractivity contribution in [2.24, 2.45) is 5.92 Å². The summed E-state index contributed by atoms with van der Waals surface area (Å²) < 4.78 is 0. The molecule has 0 aromatic rings. The van der Waals surface area contributed by atoms with Gasteiger partial charge in [-0.2, -0.15) is 0 Å². The van der Waals surface area contributed by atoms with Crippen LogP contribution in [0.2, 0.25) is 0 Å². The van der Waals surface area contributed by atoms with Crippen molar-refractivity contribution in [3.05, 3.63) is 0 Å². The van der Waals surface area contributed by atoms with Crippen molar-refractivity contribution >= 4 is 0 Å². The molecule has 1 aliphatic rings. The fourth-order valence-corrected chi connectivity index (χ4v) is 2.84. The maximum absolute atomic E-state index is 2.66. The molecule has 0 spiro atoms. The summed E-state index contributed by atoms with van der Waals surface area (Å²) in [5.41, 5.74) is 0.729. The van der Waals surface area contributed by atoms with Crippen molar-refractivity contribution in [3.8, 4) is 0 Å². The summed E-state index contributed by atoms with van der Waals surface area (Å²) in [6.07, 6.45) is 2.69. The van der Waals surface area contributed by atoms with Crippen LogP contribution >= 0.6 is 0 Å². The van der Waals surface area contributed by atoms with E-state index in [1.807, 2.05) is 0 Å². The lowest BCUT2D eigenvalue weighted by Gasteiger charge is -2.42. The summed E-state index contributed by atoms with van der Waals surface area (Å²) in [6, 6.07) is 0. The molecule has 1 nitrogen and oxygen atoms in total. The van der Waals surface area contributed by atoms with Gasteiger partial charge in [0.25, 0.3) is 0 Å². The van der Waals surface area contributed by atoms with Crippen LogP contribution in [0.3, 0.4) is 0 Å². The van der Waals surface area contributed by atoms with E-state index in [1.54, 1.807) is 0 Å². The molecule has 0 saturated carbocycles. The predicted octanol–water partition coefficient (Wildman–Crippen LogP) is 3.30. The zero-order chi connectivity index (χ0) is 10.3. The lowest BCUT2D eigenvalue weighted by molar-refractivity contribution is 0.0670. The monoisotopic (exact) mass is 183 g/mol. The van der Waals surface area contributed by atoms with Crippen LogP contribution in [0.1, 0.15) is 54.4 Å². The van der Waals surface area contributed by atoms with Crippen LogP contribution in [0.15, 0.2) is 0 Å². The number of likely N-dealkylation sites (tertiary alicyclic amines) is 1. The van der Waals surface area contributed by atoms with Crippen LogP contribution in [0.4, 0.5) is 0 Å². The summed E-state index contributed by atoms with van der Waals surface area (Å²) in [5.74, 6) is 0.911. The SMILES string of the molecule is CC[C@@H]1CN(C(C)(C)C)C(C)(C)C1. The highest BCUT2D eigenvalue weighted by atomic mass is 15.3. The van der Waals surface area contributed by atoms with Gasteiger partial charge in [-0.05, 0) is 47.0 Å². The van der Waals surface area contributed by atoms with Gasteiger partial charge >= 0.3 is 0 Å². The number of hydrogen-bond acceptors (Lipinski definition) is 1. The van der Waals surface area contributed by atoms with Gasteiger partial charge in [-0.3, -0.25) is 4.90 Å². The Morgan fingerprint density at radius 1 is 1.31 bits per heavy atom. The third-order valence-corrected chi connectivity index (χ3v) is 3.35. The van der Waals surface area contributed by atoms with Gasteiger partial charge in [0.05, 0.1) is 0 Å². The molecule has 0 aliphatic carbocycles. The number of nitrogens with zero attached hydrogens (tertiary/aromatic N) is 1. The van der Waals surface area contributed by atoms with Gasteiger partial charge in [-0.1, -0.05) is 13.3 Å². The number of rotatable bonds is 1. The Morgan fingerprint density at radius 2 is 1.85 bits per heavy atom. The maximum atomic E-state index is 2.66. The number of hydrogen-bond donors (Lipinski definition) is 0. The maximum Gasteiger partial charge on any atom is 0.0161 e. The minimum atomic E-state index is 0.327. The molecule has 1 heteroatoms. The molecule has 0 N–H and O–H groups in total. The van der Waals surface area contributed by atoms with Crippen LogP contribution in [0.25, 0.3) is 0 Å². The molecule has 1 rings (SSSR count). The van der Waals surface area contributed by atoms with E-state index in [-0.39, 0.29) is 0 Å². The Hall–Kier alpha value is -0.0400. The second-order valence-corrected chi connectivity index (χ2v) is 6.07. The Kier molecular flexibility index (Phi) is 2.78. The predicted molar refractivity (Wildman–Crippen MR) is 58.9 cm³/mol. The largest absolute Gasteiger partial charge is 0.293 e. The molecule has 0 unspecified atom stereocenters. The van der Waals surface area contributed by atoms with Crippen molar-refractivity contribution in [2.75, 3.05) is 6.54 Å². The van der Waals surface area contributed by atoms with E-state index < -0.39 is 0 Å². The third-order valence-electron chi connectivity index (χ3n) is 3.35. The molecule has 1 fully saturated rings. The lowest BCUT2D eigenvalue weighted by atomic mass is 9.93. The molecule has 1 saturated heterocycles. The molecule has 78 valence electrons. The van der Waals surface area contributed by atoms with Crippen LogP contribution < -0.4 is 0 Å². The first-order valence-corrected chi connectivity index (χ1v) is 5.55. The van der Waals surface area contributed by atoms with Gasteiger partial charge in [-0.15, -0.1) is 0 Å². The van der Waals surface area contributed by atoms with Crippen LogP contribution in [-0.4, -0.2) is 22.5 Å². The minimum Gasteiger partial charge on any atom is -0.293 e. The Labute approximate surface area is 83.5 Å². The molecule has 13 heavy (non-hydrogen) atoms. The van der Waals surface area contributed by atoms with Gasteiger partial charge in [0.1, 0.15) is 0 Å². The highest BCUT2D eigenvalue weighted by Gasteiger charge is 2.42. The van der Waals surface area contributed by atoms with E-state index in [9.17, 15) is 0 Å². The van der Waals surface area contributed by atoms with Crippen molar-refractivity contribution < 1.29 is 0 Å². The van der Waals surface area contributed by atoms with Gasteiger partial charge in [0, 0.05) is 17.6 Å². The smallest absolute Gasteiger partial charge is 0.0161 e. The molecule has 1 aliphatic heterocycles. The Morgan fingerprint density at radius 3 is 2.08 bits per heavy atom. The average Bonchev–Trinajstić information content (AvgIpc) is 2.24. The fraction of sp³-hybridized carbons (Fsp3) is 1.00. The molecule has 1 heterocycles. The Balaban J connectivity index is 2.76. The topological polar surface area (TPSA) is 3.24 Å². The summed E-state index contributed by atoms with van der Waals surface area (Å²) in [4.78, 5) is 2.66. The highest BCUT2D eigenvalue weighted by molar-refractivity contribution is 4.97. The summed E-state index contributed by atoms with van der Waals surface area (Å²) in [6.45, 7) is 15.3. The molecule has 0 aromatic carbocycles. The van der Waals surface area contributed by atoms with Crippen molar-refractivity contribution in [1.82, 2.24) is 4.90 Å². The first-order chi connectivity index (χ1) is 5.77. The van der Waals surface area contributed by atoms with E-state index in [0.29, 0.717) is 11.1 Å². The summed E-state index contributed by atoms with van der Waals surface area (Å²) >= 11 is 0. The van der Waals surface area contributed by atoms with Gasteiger partial charge in [0.15, 0.2) is 0 Å². The fourth-order valence-electron chi connectivity index (χ4n) is 2.84. The standard InChI is InChI=1S/C12H25N/c1-7-10-8-12(5,6)13(9-10)11(2,3)4/h10H,7-9H2,1-6H3/t10-/m0/s1. The summed E-state index contributed by atoms with van der Waals surface area (Å²) in [7, 11) is 0. The lowest BCUT2D eigenvalue weighted by Crippen LogP contribution is -2.49. The van der Waals surface area contributed by atoms with Crippen LogP contribution in [0.5, 0.6) is 0 Å². The molecule has 0 amide bonds. The van der Waals surface area contributed by atoms with Crippen LogP contribution in [-0.2, 0) is 0 Å². The van der Waals surface area contributed by atoms with E-state index in [2.05, 4.69) is 46.4 Å². The zero-order valence-corrected chi connectivity index (χ0v) is 10.1. The zero-order valence-electron chi connectivity index (χ0n) is 10.1. The average molecular weight is 183 g/mol. The second-order valence-electron chi connectivity index (χ2n) is 6.07. The minimum absolute atomic E-state index is 0.327. The van der Waals surface area contributed by atoms with Crippen molar-refractivity contribution in [2.45, 2.75) is 65.5 Å². The normalized spacial score (nSPS) is 29.5. The Bertz CT molecular complexity index is 176. The third kappa shape index (κ3) is 2.25. The van der Waals surface area contributed by atoms with E-state index in [0.717, 1.165) is 5.92 Å². The first-order valence-electron chi connectivity index (χ1n) is 5.55. The molecule has 0 radical (unpaired) electrons. The molecular formula is C12H25N. The summed E-state index contributed by atoms with van der Waals surface area (Å²) in [5, 5.41) is 0. The van der Waals surface area contributed by atoms with Gasteiger partial charge < -0.3 is 0 Å². The van der Waals surface area contributed by atoms with E-state index >= 15 is 0 Å². The van der Waals surface area contributed by atoms with Crippen LogP contribution in [0, 0.1) is 5.92 Å². The molecule has 0 bridgehead atoms. The molecule has 0 aromatic heterocycles.